The van der Waals surface area contributed by atoms with Crippen molar-refractivity contribution in [1.29, 1.82) is 0 Å². The summed E-state index contributed by atoms with van der Waals surface area (Å²) in [7, 11) is -3.78. The molecule has 1 N–H and O–H groups in total. The van der Waals surface area contributed by atoms with E-state index in [2.05, 4.69) is 4.72 Å². The molecule has 28 heavy (non-hydrogen) atoms. The molecule has 0 saturated carbocycles. The molecule has 0 unspecified atom stereocenters. The van der Waals surface area contributed by atoms with Gasteiger partial charge < -0.3 is 9.32 Å². The molecule has 3 aromatic rings. The van der Waals surface area contributed by atoms with E-state index in [1.807, 2.05) is 0 Å². The van der Waals surface area contributed by atoms with E-state index >= 15 is 0 Å². The number of nitrogens with zero attached hydrogens (tertiary/aromatic N) is 1. The van der Waals surface area contributed by atoms with Gasteiger partial charge in [0.2, 0.25) is 0 Å². The highest BCUT2D eigenvalue weighted by Gasteiger charge is 2.27. The van der Waals surface area contributed by atoms with Crippen LogP contribution in [0, 0.1) is 6.92 Å². The number of nitrogens with one attached hydrogen (secondary N) is 1. The number of amides is 1. The fourth-order valence-electron chi connectivity index (χ4n) is 3.28. The van der Waals surface area contributed by atoms with Crippen LogP contribution < -0.4 is 9.62 Å². The maximum atomic E-state index is 12.8. The Kier molecular flexibility index (Phi) is 4.64. The molecule has 1 amide bonds. The maximum absolute atomic E-state index is 12.8. The summed E-state index contributed by atoms with van der Waals surface area (Å²) in [5.74, 6) is 0.0562. The fraction of sp³-hybridized carbons (Fsp3) is 0.150. The first-order valence-electron chi connectivity index (χ1n) is 8.62. The minimum absolute atomic E-state index is 0.134. The minimum Gasteiger partial charge on any atom is -0.459 e. The molecule has 2 aromatic carbocycles. The quantitative estimate of drug-likeness (QED) is 0.689. The molecule has 1 aliphatic heterocycles. The number of sulfonamides is 1. The van der Waals surface area contributed by atoms with Crippen LogP contribution in [0.5, 0.6) is 0 Å². The summed E-state index contributed by atoms with van der Waals surface area (Å²) in [6.45, 7) is 2.23. The SMILES string of the molecule is Cc1ccc(Cl)cc1S(=O)(=O)Nc1ccc2c(c1)CCN2C(=O)c1ccco1. The maximum Gasteiger partial charge on any atom is 0.293 e. The van der Waals surface area contributed by atoms with Crippen LogP contribution in [0.1, 0.15) is 21.7 Å². The molecule has 2 heterocycles. The summed E-state index contributed by atoms with van der Waals surface area (Å²) in [5.41, 5.74) is 2.69. The number of benzene rings is 2. The van der Waals surface area contributed by atoms with E-state index in [9.17, 15) is 13.2 Å². The summed E-state index contributed by atoms with van der Waals surface area (Å²) in [6, 6.07) is 13.2. The van der Waals surface area contributed by atoms with Crippen molar-refractivity contribution in [2.45, 2.75) is 18.2 Å². The lowest BCUT2D eigenvalue weighted by molar-refractivity contribution is 0.0963. The Labute approximate surface area is 167 Å². The van der Waals surface area contributed by atoms with Crippen LogP contribution in [0.2, 0.25) is 5.02 Å². The van der Waals surface area contributed by atoms with Gasteiger partial charge in [0.1, 0.15) is 0 Å². The van der Waals surface area contributed by atoms with Crippen molar-refractivity contribution in [3.8, 4) is 0 Å². The Bertz CT molecular complexity index is 1160. The molecule has 0 fully saturated rings. The largest absolute Gasteiger partial charge is 0.459 e. The molecule has 4 rings (SSSR count). The molecular formula is C20H17ClN2O4S. The normalized spacial score (nSPS) is 13.4. The number of furan rings is 1. The van der Waals surface area contributed by atoms with E-state index < -0.39 is 10.0 Å². The predicted octanol–water partition coefficient (Wildman–Crippen LogP) is 4.25. The highest BCUT2D eigenvalue weighted by atomic mass is 35.5. The van der Waals surface area contributed by atoms with Crippen molar-refractivity contribution in [3.63, 3.8) is 0 Å². The van der Waals surface area contributed by atoms with E-state index in [4.69, 9.17) is 16.0 Å². The first-order valence-corrected chi connectivity index (χ1v) is 10.5. The standard InChI is InChI=1S/C20H17ClN2O4S/c1-13-4-5-15(21)12-19(13)28(25,26)22-16-6-7-17-14(11-16)8-9-23(17)20(24)18-3-2-10-27-18/h2-7,10-12,22H,8-9H2,1H3. The van der Waals surface area contributed by atoms with Gasteiger partial charge in [-0.25, -0.2) is 8.42 Å². The number of rotatable bonds is 4. The van der Waals surface area contributed by atoms with Crippen molar-refractivity contribution >= 4 is 38.9 Å². The van der Waals surface area contributed by atoms with Crippen molar-refractivity contribution in [1.82, 2.24) is 0 Å². The van der Waals surface area contributed by atoms with Gasteiger partial charge in [-0.2, -0.15) is 0 Å². The zero-order chi connectivity index (χ0) is 19.9. The van der Waals surface area contributed by atoms with Gasteiger partial charge in [0.05, 0.1) is 11.2 Å². The monoisotopic (exact) mass is 416 g/mol. The van der Waals surface area contributed by atoms with Crippen molar-refractivity contribution < 1.29 is 17.6 Å². The molecule has 0 bridgehead atoms. The van der Waals surface area contributed by atoms with E-state index in [1.165, 1.54) is 12.3 Å². The number of hydrogen-bond acceptors (Lipinski definition) is 4. The molecule has 0 atom stereocenters. The Hall–Kier alpha value is -2.77. The van der Waals surface area contributed by atoms with Crippen molar-refractivity contribution in [2.75, 3.05) is 16.2 Å². The van der Waals surface area contributed by atoms with Crippen LogP contribution in [-0.2, 0) is 16.4 Å². The molecule has 1 aromatic heterocycles. The number of carbonyl (C=O) groups is 1. The zero-order valence-electron chi connectivity index (χ0n) is 15.0. The first kappa shape index (κ1) is 18.6. The van der Waals surface area contributed by atoms with E-state index in [-0.39, 0.29) is 16.6 Å². The predicted molar refractivity (Wildman–Crippen MR) is 108 cm³/mol. The zero-order valence-corrected chi connectivity index (χ0v) is 16.5. The van der Waals surface area contributed by atoms with Crippen LogP contribution in [0.4, 0.5) is 11.4 Å². The van der Waals surface area contributed by atoms with Crippen LogP contribution in [0.3, 0.4) is 0 Å². The smallest absolute Gasteiger partial charge is 0.293 e. The summed E-state index contributed by atoms with van der Waals surface area (Å²) < 4.78 is 33.3. The summed E-state index contributed by atoms with van der Waals surface area (Å²) in [5, 5.41) is 0.354. The number of aryl methyl sites for hydroxylation is 1. The van der Waals surface area contributed by atoms with Crippen LogP contribution >= 0.6 is 11.6 Å². The van der Waals surface area contributed by atoms with E-state index in [0.717, 1.165) is 11.3 Å². The van der Waals surface area contributed by atoms with Gasteiger partial charge >= 0.3 is 0 Å². The third-order valence-corrected chi connectivity index (χ3v) is 6.40. The van der Waals surface area contributed by atoms with Gasteiger partial charge in [-0.05, 0) is 66.9 Å². The molecule has 0 saturated heterocycles. The van der Waals surface area contributed by atoms with E-state index in [0.29, 0.717) is 29.2 Å². The number of hydrogen-bond donors (Lipinski definition) is 1. The molecular weight excluding hydrogens is 400 g/mol. The van der Waals surface area contributed by atoms with Gasteiger partial charge in [-0.3, -0.25) is 9.52 Å². The second kappa shape index (κ2) is 7.00. The van der Waals surface area contributed by atoms with Gasteiger partial charge in [0.25, 0.3) is 15.9 Å². The first-order chi connectivity index (χ1) is 13.3. The lowest BCUT2D eigenvalue weighted by atomic mass is 10.1. The Morgan fingerprint density at radius 2 is 2.00 bits per heavy atom. The van der Waals surface area contributed by atoms with Crippen molar-refractivity contribution in [2.24, 2.45) is 0 Å². The summed E-state index contributed by atoms with van der Waals surface area (Å²) in [6.07, 6.45) is 2.09. The highest BCUT2D eigenvalue weighted by molar-refractivity contribution is 7.92. The molecule has 6 nitrogen and oxygen atoms in total. The van der Waals surface area contributed by atoms with Crippen LogP contribution in [0.15, 0.2) is 64.1 Å². The summed E-state index contributed by atoms with van der Waals surface area (Å²) >= 11 is 5.95. The lowest BCUT2D eigenvalue weighted by Crippen LogP contribution is -2.28. The third-order valence-electron chi connectivity index (χ3n) is 4.64. The number of anilines is 2. The average molecular weight is 417 g/mol. The molecule has 0 aliphatic carbocycles. The van der Waals surface area contributed by atoms with Crippen LogP contribution in [-0.4, -0.2) is 20.9 Å². The van der Waals surface area contributed by atoms with Gasteiger partial charge in [-0.1, -0.05) is 17.7 Å². The number of fused-ring (bicyclic) bond motifs is 1. The van der Waals surface area contributed by atoms with Gasteiger partial charge in [0.15, 0.2) is 5.76 Å². The molecule has 1 aliphatic rings. The molecule has 0 radical (unpaired) electrons. The third kappa shape index (κ3) is 3.39. The Morgan fingerprint density at radius 3 is 2.75 bits per heavy atom. The highest BCUT2D eigenvalue weighted by Crippen LogP contribution is 2.32. The van der Waals surface area contributed by atoms with Gasteiger partial charge in [-0.15, -0.1) is 0 Å². The van der Waals surface area contributed by atoms with Gasteiger partial charge in [0, 0.05) is 22.9 Å². The topological polar surface area (TPSA) is 79.6 Å². The Morgan fingerprint density at radius 1 is 1.18 bits per heavy atom. The van der Waals surface area contributed by atoms with Crippen molar-refractivity contribution in [3.05, 3.63) is 76.7 Å². The Balaban J connectivity index is 1.60. The number of halogens is 1. The second-order valence-corrected chi connectivity index (χ2v) is 8.63. The molecule has 8 heteroatoms. The van der Waals surface area contributed by atoms with Crippen LogP contribution in [0.25, 0.3) is 0 Å². The van der Waals surface area contributed by atoms with E-state index in [1.54, 1.807) is 54.3 Å². The minimum atomic E-state index is -3.78. The fourth-order valence-corrected chi connectivity index (χ4v) is 4.84. The molecule has 0 spiro atoms. The summed E-state index contributed by atoms with van der Waals surface area (Å²) in [4.78, 5) is 14.3. The number of carbonyl (C=O) groups excluding carboxylic acids is 1. The second-order valence-electron chi connectivity index (χ2n) is 6.54. The molecule has 144 valence electrons. The average Bonchev–Trinajstić information content (AvgIpc) is 3.32. The lowest BCUT2D eigenvalue weighted by Gasteiger charge is -2.16.